The molecule has 3 aliphatic heterocycles. The van der Waals surface area contributed by atoms with Crippen molar-refractivity contribution in [2.45, 2.75) is 31.7 Å². The number of likely N-dealkylation sites (tertiary alicyclic amines) is 1. The number of pyridine rings is 2. The zero-order chi connectivity index (χ0) is 31.6. The van der Waals surface area contributed by atoms with Crippen LogP contribution >= 0.6 is 0 Å². The summed E-state index contributed by atoms with van der Waals surface area (Å²) in [7, 11) is 2.16. The first kappa shape index (κ1) is 30.2. The molecule has 240 valence electrons. The molecule has 6 heterocycles. The standard InChI is InChI=1S/C35H42N8O3/c1-40-13-3-5-31(40)30-20-26-22-36-32(21-29(26)37-30)39-34(44)25-7-9-27(10-8-25)42-18-16-41(17-19-42)23-24-11-14-43(15-12-24)33-6-2-4-28(38-33)35(45)46/h2,4,6-10,20-22,24,31,37H,3,5,11-19,23H2,1H3,(H,45,46)(H,36,39,44)/t31-/m1/s1. The Hall–Kier alpha value is -4.48. The molecule has 1 amide bonds. The number of aromatic carboxylic acids is 1. The van der Waals surface area contributed by atoms with Crippen molar-refractivity contribution in [2.24, 2.45) is 5.92 Å². The second-order valence-corrected chi connectivity index (χ2v) is 12.9. The summed E-state index contributed by atoms with van der Waals surface area (Å²) >= 11 is 0. The Morgan fingerprint density at radius 2 is 1.72 bits per heavy atom. The maximum Gasteiger partial charge on any atom is 0.354 e. The van der Waals surface area contributed by atoms with E-state index >= 15 is 0 Å². The average Bonchev–Trinajstić information content (AvgIpc) is 3.71. The van der Waals surface area contributed by atoms with Gasteiger partial charge in [-0.3, -0.25) is 14.6 Å². The Bertz CT molecular complexity index is 1690. The van der Waals surface area contributed by atoms with Gasteiger partial charge in [0.25, 0.3) is 5.91 Å². The molecule has 0 aliphatic carbocycles. The third-order valence-electron chi connectivity index (χ3n) is 9.92. The Balaban J connectivity index is 0.876. The topological polar surface area (TPSA) is 121 Å². The number of piperazine rings is 1. The number of nitrogens with zero attached hydrogens (tertiary/aromatic N) is 6. The van der Waals surface area contributed by atoms with Gasteiger partial charge < -0.3 is 25.2 Å². The summed E-state index contributed by atoms with van der Waals surface area (Å²) in [5, 5.41) is 13.3. The van der Waals surface area contributed by atoms with E-state index in [0.29, 0.717) is 23.3 Å². The van der Waals surface area contributed by atoms with Crippen LogP contribution in [0.25, 0.3) is 10.9 Å². The number of rotatable bonds is 8. The van der Waals surface area contributed by atoms with E-state index in [1.54, 1.807) is 6.07 Å². The number of nitrogens with one attached hydrogen (secondary N) is 2. The lowest BCUT2D eigenvalue weighted by Crippen LogP contribution is -2.49. The first-order valence-corrected chi connectivity index (χ1v) is 16.4. The van der Waals surface area contributed by atoms with Gasteiger partial charge in [-0.25, -0.2) is 14.8 Å². The van der Waals surface area contributed by atoms with Gasteiger partial charge in [0.2, 0.25) is 0 Å². The van der Waals surface area contributed by atoms with Crippen LogP contribution in [-0.2, 0) is 0 Å². The van der Waals surface area contributed by atoms with Crippen LogP contribution in [0.2, 0.25) is 0 Å². The number of carboxylic acid groups (broad SMARTS) is 1. The van der Waals surface area contributed by atoms with Crippen LogP contribution in [-0.4, -0.2) is 101 Å². The summed E-state index contributed by atoms with van der Waals surface area (Å²) in [5.74, 6) is 0.776. The van der Waals surface area contributed by atoms with Gasteiger partial charge in [-0.05, 0) is 87.7 Å². The van der Waals surface area contributed by atoms with Gasteiger partial charge in [0.1, 0.15) is 11.6 Å². The highest BCUT2D eigenvalue weighted by molar-refractivity contribution is 6.04. The van der Waals surface area contributed by atoms with Gasteiger partial charge in [-0.1, -0.05) is 6.07 Å². The molecule has 7 rings (SSSR count). The normalized spacial score (nSPS) is 20.0. The van der Waals surface area contributed by atoms with Crippen molar-refractivity contribution in [3.05, 3.63) is 77.7 Å². The smallest absolute Gasteiger partial charge is 0.354 e. The molecule has 3 fully saturated rings. The number of carboxylic acids is 1. The monoisotopic (exact) mass is 622 g/mol. The molecule has 3 aliphatic rings. The number of carbonyl (C=O) groups excluding carboxylic acids is 1. The van der Waals surface area contributed by atoms with E-state index in [1.807, 2.05) is 42.6 Å². The SMILES string of the molecule is CN1CCC[C@@H]1c1cc2cnc(NC(=O)c3ccc(N4CCN(CC5CCN(c6cccc(C(=O)O)n6)CC5)CC4)cc3)cc2[nH]1. The molecule has 11 nitrogen and oxygen atoms in total. The van der Waals surface area contributed by atoms with E-state index < -0.39 is 5.97 Å². The van der Waals surface area contributed by atoms with Gasteiger partial charge >= 0.3 is 5.97 Å². The lowest BCUT2D eigenvalue weighted by Gasteiger charge is -2.40. The number of hydrogen-bond acceptors (Lipinski definition) is 8. The highest BCUT2D eigenvalue weighted by Gasteiger charge is 2.26. The molecular weight excluding hydrogens is 580 g/mol. The summed E-state index contributed by atoms with van der Waals surface area (Å²) in [6, 6.07) is 17.6. The van der Waals surface area contributed by atoms with Gasteiger partial charge in [-0.15, -0.1) is 0 Å². The number of amides is 1. The third kappa shape index (κ3) is 6.56. The molecule has 1 atom stereocenters. The van der Waals surface area contributed by atoms with Crippen molar-refractivity contribution in [2.75, 3.05) is 74.5 Å². The molecule has 4 aromatic rings. The summed E-state index contributed by atoms with van der Waals surface area (Å²) in [5.41, 5.74) is 4.04. The number of hydrogen-bond donors (Lipinski definition) is 3. The minimum absolute atomic E-state index is 0.0965. The maximum absolute atomic E-state index is 13.1. The van der Waals surface area contributed by atoms with E-state index in [1.165, 1.54) is 18.2 Å². The second-order valence-electron chi connectivity index (χ2n) is 12.9. The van der Waals surface area contributed by atoms with E-state index in [2.05, 4.69) is 53.0 Å². The second kappa shape index (κ2) is 13.1. The zero-order valence-corrected chi connectivity index (χ0v) is 26.4. The summed E-state index contributed by atoms with van der Waals surface area (Å²) in [4.78, 5) is 46.2. The quantitative estimate of drug-likeness (QED) is 0.257. The van der Waals surface area contributed by atoms with Crippen molar-refractivity contribution in [1.29, 1.82) is 0 Å². The lowest BCUT2D eigenvalue weighted by atomic mass is 9.96. The van der Waals surface area contributed by atoms with Crippen molar-refractivity contribution in [3.8, 4) is 0 Å². The highest BCUT2D eigenvalue weighted by atomic mass is 16.4. The molecule has 0 spiro atoms. The minimum Gasteiger partial charge on any atom is -0.477 e. The molecule has 3 N–H and O–H groups in total. The first-order chi connectivity index (χ1) is 22.4. The number of anilines is 3. The van der Waals surface area contributed by atoms with Crippen LogP contribution in [0.3, 0.4) is 0 Å². The molecule has 0 unspecified atom stereocenters. The van der Waals surface area contributed by atoms with Crippen molar-refractivity contribution >= 4 is 40.1 Å². The lowest BCUT2D eigenvalue weighted by molar-refractivity contribution is 0.0690. The van der Waals surface area contributed by atoms with Crippen LogP contribution < -0.4 is 15.1 Å². The van der Waals surface area contributed by atoms with Gasteiger partial charge in [-0.2, -0.15) is 0 Å². The van der Waals surface area contributed by atoms with E-state index in [9.17, 15) is 14.7 Å². The summed E-state index contributed by atoms with van der Waals surface area (Å²) < 4.78 is 0. The molecular formula is C35H42N8O3. The number of fused-ring (bicyclic) bond motifs is 1. The largest absolute Gasteiger partial charge is 0.477 e. The highest BCUT2D eigenvalue weighted by Crippen LogP contribution is 2.32. The molecule has 3 aromatic heterocycles. The predicted molar refractivity (Wildman–Crippen MR) is 180 cm³/mol. The fourth-order valence-corrected chi connectivity index (χ4v) is 7.23. The number of H-pyrrole nitrogens is 1. The van der Waals surface area contributed by atoms with E-state index in [0.717, 1.165) is 94.0 Å². The van der Waals surface area contributed by atoms with E-state index in [4.69, 9.17) is 0 Å². The molecule has 46 heavy (non-hydrogen) atoms. The van der Waals surface area contributed by atoms with Gasteiger partial charge in [0.15, 0.2) is 5.69 Å². The fraction of sp³-hybridized carbons (Fsp3) is 0.429. The summed E-state index contributed by atoms with van der Waals surface area (Å²) in [6.07, 6.45) is 6.35. The Kier molecular flexibility index (Phi) is 8.59. The number of piperidine rings is 1. The van der Waals surface area contributed by atoms with E-state index in [-0.39, 0.29) is 11.6 Å². The molecule has 0 radical (unpaired) electrons. The van der Waals surface area contributed by atoms with Crippen molar-refractivity contribution < 1.29 is 14.7 Å². The summed E-state index contributed by atoms with van der Waals surface area (Å²) in [6.45, 7) is 7.93. The Morgan fingerprint density at radius 1 is 0.935 bits per heavy atom. The average molecular weight is 623 g/mol. The molecule has 1 aromatic carbocycles. The van der Waals surface area contributed by atoms with Crippen LogP contribution in [0.15, 0.2) is 60.8 Å². The van der Waals surface area contributed by atoms with Crippen LogP contribution in [0, 0.1) is 5.92 Å². The number of carbonyl (C=O) groups is 2. The van der Waals surface area contributed by atoms with Crippen molar-refractivity contribution in [1.82, 2.24) is 24.8 Å². The fourth-order valence-electron chi connectivity index (χ4n) is 7.23. The van der Waals surface area contributed by atoms with Crippen molar-refractivity contribution in [3.63, 3.8) is 0 Å². The number of aromatic amines is 1. The van der Waals surface area contributed by atoms with Crippen LogP contribution in [0.4, 0.5) is 17.3 Å². The number of benzene rings is 1. The number of aromatic nitrogens is 3. The molecule has 0 saturated carbocycles. The Labute approximate surface area is 269 Å². The minimum atomic E-state index is -0.989. The zero-order valence-electron chi connectivity index (χ0n) is 26.4. The van der Waals surface area contributed by atoms with Crippen LogP contribution in [0.1, 0.15) is 58.3 Å². The Morgan fingerprint density at radius 3 is 2.43 bits per heavy atom. The molecule has 0 bridgehead atoms. The molecule has 11 heteroatoms. The van der Waals surface area contributed by atoms with Crippen LogP contribution in [0.5, 0.6) is 0 Å². The first-order valence-electron chi connectivity index (χ1n) is 16.4. The third-order valence-corrected chi connectivity index (χ3v) is 9.92. The maximum atomic E-state index is 13.1. The predicted octanol–water partition coefficient (Wildman–Crippen LogP) is 4.71. The van der Waals surface area contributed by atoms with Gasteiger partial charge in [0, 0.05) is 86.4 Å². The molecule has 3 saturated heterocycles. The van der Waals surface area contributed by atoms with Gasteiger partial charge in [0.05, 0.1) is 5.52 Å².